The third-order valence-electron chi connectivity index (χ3n) is 0. The second kappa shape index (κ2) is 217. The van der Waals surface area contributed by atoms with Gasteiger partial charge in [0.2, 0.25) is 0 Å². The number of hydrogen-bond acceptors (Lipinski definition) is 5. The summed E-state index contributed by atoms with van der Waals surface area (Å²) in [4.78, 5) is 24.5. The van der Waals surface area contributed by atoms with Crippen molar-refractivity contribution in [2.24, 2.45) is 0 Å². The number of carboxylic acid groups (broad SMARTS) is 2. The predicted octanol–water partition coefficient (Wildman–Crippen LogP) is -3.46. The fraction of sp³-hybridized carbons (Fsp3) is 0. The minimum Gasteiger partial charge on any atom is -0.554 e. The minimum absolute atomic E-state index is 0. The third-order valence-corrected chi connectivity index (χ3v) is 0. The van der Waals surface area contributed by atoms with Crippen LogP contribution in [0.1, 0.15) is 0 Å². The Morgan fingerprint density at radius 3 is 1.00 bits per heavy atom. The van der Waals surface area contributed by atoms with E-state index in [0.29, 0.717) is 0 Å². The van der Waals surface area contributed by atoms with Gasteiger partial charge in [-0.05, 0) is 0 Å². The molecule has 56 valence electrons. The number of hydrogen-bond donors (Lipinski definition) is 0. The molecular formula is C3H4NiO5. The Morgan fingerprint density at radius 1 is 1.00 bits per heavy atom. The van der Waals surface area contributed by atoms with Gasteiger partial charge in [-0.25, -0.2) is 0 Å². The van der Waals surface area contributed by atoms with Crippen LogP contribution in [-0.2, 0) is 30.9 Å². The molecule has 0 fully saturated rings. The van der Waals surface area contributed by atoms with Crippen LogP contribution in [0.3, 0.4) is 0 Å². The Labute approximate surface area is 61.6 Å². The second-order valence-electron chi connectivity index (χ2n) is 0.192. The Hall–Kier alpha value is -0.896. The van der Waals surface area contributed by atoms with Crippen molar-refractivity contribution in [3.63, 3.8) is 0 Å². The minimum atomic E-state index is -0.500. The van der Waals surface area contributed by atoms with Crippen LogP contribution in [0, 0.1) is 0 Å². The van der Waals surface area contributed by atoms with Crippen LogP contribution >= 0.6 is 0 Å². The Balaban J connectivity index is -0.0000000202. The normalized spacial score (nSPS) is 3.11. The largest absolute Gasteiger partial charge is 2.00 e. The van der Waals surface area contributed by atoms with Crippen molar-refractivity contribution in [2.45, 2.75) is 0 Å². The zero-order valence-electron chi connectivity index (χ0n) is 4.22. The molecule has 9 heavy (non-hydrogen) atoms. The first-order valence-corrected chi connectivity index (χ1v) is 1.23. The topological polar surface area (TPSA) is 97.3 Å². The summed E-state index contributed by atoms with van der Waals surface area (Å²) in [6, 6.07) is 0. The molecule has 0 aliphatic heterocycles. The van der Waals surface area contributed by atoms with E-state index in [-0.39, 0.29) is 16.5 Å². The summed E-state index contributed by atoms with van der Waals surface area (Å²) >= 11 is 0. The molecule has 0 saturated carbocycles. The summed E-state index contributed by atoms with van der Waals surface area (Å²) in [7, 11) is 0. The van der Waals surface area contributed by atoms with Gasteiger partial charge < -0.3 is 24.6 Å². The molecule has 0 atom stereocenters. The first-order chi connectivity index (χ1) is 3.83. The fourth-order valence-electron chi connectivity index (χ4n) is 0. The van der Waals surface area contributed by atoms with Crippen molar-refractivity contribution in [1.82, 2.24) is 0 Å². The summed E-state index contributed by atoms with van der Waals surface area (Å²) in [6.07, 6.45) is 0. The molecule has 0 aromatic carbocycles. The van der Waals surface area contributed by atoms with Gasteiger partial charge >= 0.3 is 16.5 Å². The number of carbonyl (C=O) groups is 3. The van der Waals surface area contributed by atoms with Crippen LogP contribution in [-0.4, -0.2) is 19.7 Å². The summed E-state index contributed by atoms with van der Waals surface area (Å²) in [5, 5.41) is 16.5. The smallest absolute Gasteiger partial charge is 0.554 e. The molecule has 0 unspecified atom stereocenters. The van der Waals surface area contributed by atoms with Gasteiger partial charge in [-0.1, -0.05) is 0 Å². The molecule has 0 rings (SSSR count). The quantitative estimate of drug-likeness (QED) is 0.284. The molecule has 0 aromatic heterocycles. The van der Waals surface area contributed by atoms with Crippen molar-refractivity contribution in [2.75, 3.05) is 0 Å². The van der Waals surface area contributed by atoms with E-state index >= 15 is 0 Å². The molecule has 0 spiro atoms. The summed E-state index contributed by atoms with van der Waals surface area (Å²) < 4.78 is 0. The van der Waals surface area contributed by atoms with Crippen LogP contribution in [0.5, 0.6) is 0 Å². The molecule has 0 saturated heterocycles. The molecule has 0 bridgehead atoms. The first-order valence-electron chi connectivity index (χ1n) is 1.23. The van der Waals surface area contributed by atoms with E-state index < -0.39 is 12.9 Å². The SMILES string of the molecule is C=O.O=C[O-].O=C[O-].[Ni+2]. The molecule has 6 heteroatoms. The van der Waals surface area contributed by atoms with E-state index in [4.69, 9.17) is 24.6 Å². The Kier molecular flexibility index (Phi) is 586. The molecule has 0 amide bonds. The van der Waals surface area contributed by atoms with Crippen LogP contribution in [0.2, 0.25) is 0 Å². The standard InChI is InChI=1S/2CH2O2.CH2O.Ni/c2*2-1-3;1-2;/h2*1H,(H,2,3);1H2;/q;;;+2/p-2. The maximum atomic E-state index is 8.25. The molecule has 0 N–H and O–H groups in total. The molecule has 0 radical (unpaired) electrons. The predicted molar refractivity (Wildman–Crippen MR) is 19.2 cm³/mol. The van der Waals surface area contributed by atoms with Gasteiger partial charge in [0.15, 0.2) is 0 Å². The van der Waals surface area contributed by atoms with Gasteiger partial charge in [0.1, 0.15) is 6.79 Å². The summed E-state index contributed by atoms with van der Waals surface area (Å²) in [5.41, 5.74) is 0. The van der Waals surface area contributed by atoms with Gasteiger partial charge in [-0.2, -0.15) is 0 Å². The van der Waals surface area contributed by atoms with Crippen molar-refractivity contribution >= 4 is 19.7 Å². The molecule has 0 heterocycles. The van der Waals surface area contributed by atoms with Gasteiger partial charge in [-0.3, -0.25) is 0 Å². The van der Waals surface area contributed by atoms with Crippen molar-refractivity contribution in [3.8, 4) is 0 Å². The summed E-state index contributed by atoms with van der Waals surface area (Å²) in [6.45, 7) is 1.00. The van der Waals surface area contributed by atoms with Crippen LogP contribution < -0.4 is 10.2 Å². The number of carbonyl (C=O) groups excluding carboxylic acids is 3. The summed E-state index contributed by atoms with van der Waals surface area (Å²) in [5.74, 6) is 0. The molecule has 0 aliphatic rings. The van der Waals surface area contributed by atoms with E-state index in [1.807, 2.05) is 6.79 Å². The fourth-order valence-corrected chi connectivity index (χ4v) is 0. The van der Waals surface area contributed by atoms with Crippen molar-refractivity contribution < 1.29 is 41.1 Å². The number of rotatable bonds is 0. The van der Waals surface area contributed by atoms with Crippen LogP contribution in [0.4, 0.5) is 0 Å². The van der Waals surface area contributed by atoms with E-state index in [1.54, 1.807) is 0 Å². The zero-order chi connectivity index (χ0) is 7.41. The molecular weight excluding hydrogens is 175 g/mol. The van der Waals surface area contributed by atoms with Gasteiger partial charge in [0.05, 0.1) is 0 Å². The van der Waals surface area contributed by atoms with Crippen molar-refractivity contribution in [1.29, 1.82) is 0 Å². The zero-order valence-corrected chi connectivity index (χ0v) is 5.21. The Morgan fingerprint density at radius 2 is 1.00 bits per heavy atom. The third kappa shape index (κ3) is 230. The van der Waals surface area contributed by atoms with Crippen molar-refractivity contribution in [3.05, 3.63) is 0 Å². The average Bonchev–Trinajstić information content (AvgIpc) is 1.75. The van der Waals surface area contributed by atoms with Gasteiger partial charge in [0.25, 0.3) is 0 Å². The van der Waals surface area contributed by atoms with E-state index in [0.717, 1.165) is 0 Å². The monoisotopic (exact) mass is 178 g/mol. The molecule has 0 aromatic rings. The maximum Gasteiger partial charge on any atom is 2.00 e. The van der Waals surface area contributed by atoms with E-state index in [1.165, 1.54) is 0 Å². The van der Waals surface area contributed by atoms with Gasteiger partial charge in [0, 0.05) is 12.9 Å². The maximum absolute atomic E-state index is 8.25. The van der Waals surface area contributed by atoms with Gasteiger partial charge in [-0.15, -0.1) is 0 Å². The first kappa shape index (κ1) is 24.3. The van der Waals surface area contributed by atoms with Crippen LogP contribution in [0.25, 0.3) is 0 Å². The Bertz CT molecular complexity index is 41.5. The average molecular weight is 179 g/mol. The van der Waals surface area contributed by atoms with E-state index in [2.05, 4.69) is 0 Å². The van der Waals surface area contributed by atoms with Crippen LogP contribution in [0.15, 0.2) is 0 Å². The molecule has 0 aliphatic carbocycles. The van der Waals surface area contributed by atoms with E-state index in [9.17, 15) is 0 Å². The second-order valence-corrected chi connectivity index (χ2v) is 0.192. The molecule has 5 nitrogen and oxygen atoms in total.